The van der Waals surface area contributed by atoms with Crippen molar-refractivity contribution in [1.29, 1.82) is 0 Å². The first kappa shape index (κ1) is 15.2. The number of fused-ring (bicyclic) bond motifs is 1. The second-order valence-electron chi connectivity index (χ2n) is 7.05. The highest BCUT2D eigenvalue weighted by Gasteiger charge is 2.48. The minimum absolute atomic E-state index is 0.179. The van der Waals surface area contributed by atoms with Gasteiger partial charge in [-0.25, -0.2) is 4.98 Å². The highest BCUT2D eigenvalue weighted by atomic mass is 16.2. The number of benzene rings is 1. The number of likely N-dealkylation sites (tertiary alicyclic amines) is 1. The summed E-state index contributed by atoms with van der Waals surface area (Å²) in [7, 11) is 0. The lowest BCUT2D eigenvalue weighted by molar-refractivity contribution is -0.130. The summed E-state index contributed by atoms with van der Waals surface area (Å²) in [5.74, 6) is 2.23. The van der Waals surface area contributed by atoms with Gasteiger partial charge >= 0.3 is 0 Å². The van der Waals surface area contributed by atoms with E-state index in [-0.39, 0.29) is 11.9 Å². The molecule has 4 nitrogen and oxygen atoms in total. The van der Waals surface area contributed by atoms with Crippen LogP contribution in [0.15, 0.2) is 48.7 Å². The predicted octanol–water partition coefficient (Wildman–Crippen LogP) is 3.05. The van der Waals surface area contributed by atoms with Gasteiger partial charge in [0.15, 0.2) is 0 Å². The van der Waals surface area contributed by atoms with Crippen molar-refractivity contribution in [3.8, 4) is 0 Å². The number of carbonyl (C=O) groups is 1. The van der Waals surface area contributed by atoms with Gasteiger partial charge < -0.3 is 9.80 Å². The summed E-state index contributed by atoms with van der Waals surface area (Å²) in [6.07, 6.45) is 1.88. The van der Waals surface area contributed by atoms with E-state index in [1.165, 1.54) is 11.1 Å². The standard InChI is InChI=1S/C20H23N3O/c1-14-8-9-21-19(10-14)22-11-17-12-23(15(2)24)20(18(17)13-22)16-6-4-3-5-7-16/h3-10,17-18,20H,11-13H2,1-2H3/t17-,18-,20+/m1/s1. The number of aromatic nitrogens is 1. The van der Waals surface area contributed by atoms with Crippen LogP contribution >= 0.6 is 0 Å². The van der Waals surface area contributed by atoms with Crippen molar-refractivity contribution in [2.45, 2.75) is 19.9 Å². The first-order chi connectivity index (χ1) is 11.6. The number of nitrogens with zero attached hydrogens (tertiary/aromatic N) is 3. The molecule has 24 heavy (non-hydrogen) atoms. The summed E-state index contributed by atoms with van der Waals surface area (Å²) in [5, 5.41) is 0. The van der Waals surface area contributed by atoms with Crippen LogP contribution in [-0.2, 0) is 4.79 Å². The summed E-state index contributed by atoms with van der Waals surface area (Å²) < 4.78 is 0. The van der Waals surface area contributed by atoms with Crippen molar-refractivity contribution in [3.05, 3.63) is 59.8 Å². The summed E-state index contributed by atoms with van der Waals surface area (Å²) in [6.45, 7) is 6.59. The molecule has 2 saturated heterocycles. The molecule has 0 radical (unpaired) electrons. The monoisotopic (exact) mass is 321 g/mol. The Morgan fingerprint density at radius 3 is 2.62 bits per heavy atom. The van der Waals surface area contributed by atoms with E-state index in [1.807, 2.05) is 18.3 Å². The molecule has 0 saturated carbocycles. The number of hydrogen-bond donors (Lipinski definition) is 0. The fourth-order valence-corrected chi connectivity index (χ4v) is 4.33. The zero-order valence-electron chi connectivity index (χ0n) is 14.2. The largest absolute Gasteiger partial charge is 0.356 e. The van der Waals surface area contributed by atoms with Crippen LogP contribution in [0.1, 0.15) is 24.1 Å². The Bertz CT molecular complexity index is 746. The molecule has 1 aromatic carbocycles. The summed E-state index contributed by atoms with van der Waals surface area (Å²) in [5.41, 5.74) is 2.49. The third kappa shape index (κ3) is 2.56. The Hall–Kier alpha value is -2.36. The van der Waals surface area contributed by atoms with E-state index in [2.05, 4.69) is 52.0 Å². The minimum Gasteiger partial charge on any atom is -0.356 e. The number of pyridine rings is 1. The molecular weight excluding hydrogens is 298 g/mol. The first-order valence-corrected chi connectivity index (χ1v) is 8.63. The van der Waals surface area contributed by atoms with Crippen LogP contribution in [0, 0.1) is 18.8 Å². The Kier molecular flexibility index (Phi) is 3.75. The van der Waals surface area contributed by atoms with E-state index in [1.54, 1.807) is 6.92 Å². The van der Waals surface area contributed by atoms with Gasteiger partial charge in [0.2, 0.25) is 5.91 Å². The number of anilines is 1. The van der Waals surface area contributed by atoms with Crippen molar-refractivity contribution in [1.82, 2.24) is 9.88 Å². The van der Waals surface area contributed by atoms with Crippen LogP contribution in [0.25, 0.3) is 0 Å². The molecule has 3 heterocycles. The maximum atomic E-state index is 12.2. The second kappa shape index (κ2) is 5.93. The SMILES string of the molecule is CC(=O)N1C[C@H]2CN(c3cc(C)ccn3)C[C@H]2[C@@H]1c1ccccc1. The molecule has 2 fully saturated rings. The van der Waals surface area contributed by atoms with Crippen molar-refractivity contribution < 1.29 is 4.79 Å². The minimum atomic E-state index is 0.179. The molecule has 2 aliphatic heterocycles. The van der Waals surface area contributed by atoms with Crippen LogP contribution in [0.4, 0.5) is 5.82 Å². The average Bonchev–Trinajstić information content (AvgIpc) is 3.13. The third-order valence-corrected chi connectivity index (χ3v) is 5.43. The summed E-state index contributed by atoms with van der Waals surface area (Å²) >= 11 is 0. The lowest BCUT2D eigenvalue weighted by atomic mass is 9.89. The normalized spacial score (nSPS) is 25.8. The van der Waals surface area contributed by atoms with Gasteiger partial charge in [-0.1, -0.05) is 30.3 Å². The number of rotatable bonds is 2. The molecular formula is C20H23N3O. The first-order valence-electron chi connectivity index (χ1n) is 8.63. The number of amides is 1. The topological polar surface area (TPSA) is 36.4 Å². The van der Waals surface area contributed by atoms with Gasteiger partial charge in [-0.15, -0.1) is 0 Å². The van der Waals surface area contributed by atoms with E-state index in [0.29, 0.717) is 11.8 Å². The van der Waals surface area contributed by atoms with Crippen LogP contribution in [0.5, 0.6) is 0 Å². The van der Waals surface area contributed by atoms with Crippen LogP contribution in [-0.4, -0.2) is 35.4 Å². The molecule has 0 N–H and O–H groups in total. The molecule has 4 rings (SSSR count). The van der Waals surface area contributed by atoms with E-state index < -0.39 is 0 Å². The fraction of sp³-hybridized carbons (Fsp3) is 0.400. The van der Waals surface area contributed by atoms with E-state index in [4.69, 9.17) is 0 Å². The summed E-state index contributed by atoms with van der Waals surface area (Å²) in [6, 6.07) is 14.8. The zero-order valence-corrected chi connectivity index (χ0v) is 14.2. The highest BCUT2D eigenvalue weighted by molar-refractivity contribution is 5.74. The average molecular weight is 321 g/mol. The van der Waals surface area contributed by atoms with Gasteiger partial charge in [-0.3, -0.25) is 4.79 Å². The Labute approximate surface area is 143 Å². The molecule has 1 aromatic heterocycles. The van der Waals surface area contributed by atoms with Gasteiger partial charge in [0.25, 0.3) is 0 Å². The lowest BCUT2D eigenvalue weighted by Gasteiger charge is -2.29. The van der Waals surface area contributed by atoms with E-state index in [9.17, 15) is 4.79 Å². The molecule has 0 unspecified atom stereocenters. The van der Waals surface area contributed by atoms with Gasteiger partial charge in [0.05, 0.1) is 6.04 Å². The fourth-order valence-electron chi connectivity index (χ4n) is 4.33. The van der Waals surface area contributed by atoms with Gasteiger partial charge in [0, 0.05) is 44.6 Å². The molecule has 0 aliphatic carbocycles. The molecule has 0 spiro atoms. The number of carbonyl (C=O) groups excluding carboxylic acids is 1. The Morgan fingerprint density at radius 1 is 1.12 bits per heavy atom. The molecule has 0 bridgehead atoms. The van der Waals surface area contributed by atoms with Crippen molar-refractivity contribution in [2.24, 2.45) is 11.8 Å². The zero-order chi connectivity index (χ0) is 16.7. The number of aryl methyl sites for hydroxylation is 1. The van der Waals surface area contributed by atoms with Crippen molar-refractivity contribution in [3.63, 3.8) is 0 Å². The Morgan fingerprint density at radius 2 is 1.92 bits per heavy atom. The Balaban J connectivity index is 1.63. The van der Waals surface area contributed by atoms with Crippen molar-refractivity contribution >= 4 is 11.7 Å². The number of hydrogen-bond acceptors (Lipinski definition) is 3. The third-order valence-electron chi connectivity index (χ3n) is 5.43. The van der Waals surface area contributed by atoms with Crippen LogP contribution < -0.4 is 4.90 Å². The van der Waals surface area contributed by atoms with Gasteiger partial charge in [-0.05, 0) is 30.2 Å². The van der Waals surface area contributed by atoms with Crippen LogP contribution in [0.2, 0.25) is 0 Å². The smallest absolute Gasteiger partial charge is 0.219 e. The molecule has 4 heteroatoms. The molecule has 124 valence electrons. The van der Waals surface area contributed by atoms with E-state index >= 15 is 0 Å². The molecule has 3 atom stereocenters. The lowest BCUT2D eigenvalue weighted by Crippen LogP contribution is -2.34. The summed E-state index contributed by atoms with van der Waals surface area (Å²) in [4.78, 5) is 21.1. The molecule has 2 aromatic rings. The molecule has 1 amide bonds. The quantitative estimate of drug-likeness (QED) is 0.853. The van der Waals surface area contributed by atoms with Gasteiger partial charge in [-0.2, -0.15) is 0 Å². The van der Waals surface area contributed by atoms with Gasteiger partial charge in [0.1, 0.15) is 5.82 Å². The second-order valence-corrected chi connectivity index (χ2v) is 7.05. The van der Waals surface area contributed by atoms with Crippen LogP contribution in [0.3, 0.4) is 0 Å². The maximum Gasteiger partial charge on any atom is 0.219 e. The predicted molar refractivity (Wildman–Crippen MR) is 94.7 cm³/mol. The highest BCUT2D eigenvalue weighted by Crippen LogP contribution is 2.45. The molecule has 2 aliphatic rings. The van der Waals surface area contributed by atoms with E-state index in [0.717, 1.165) is 25.5 Å². The van der Waals surface area contributed by atoms with Crippen molar-refractivity contribution in [2.75, 3.05) is 24.5 Å². The maximum absolute atomic E-state index is 12.2.